The molecule has 1 fully saturated rings. The summed E-state index contributed by atoms with van der Waals surface area (Å²) in [6.45, 7) is 7.35. The molecule has 7 nitrogen and oxygen atoms in total. The van der Waals surface area contributed by atoms with Gasteiger partial charge in [0.05, 0.1) is 12.8 Å². The van der Waals surface area contributed by atoms with Gasteiger partial charge >= 0.3 is 0 Å². The molecule has 0 atom stereocenters. The second kappa shape index (κ2) is 9.34. The summed E-state index contributed by atoms with van der Waals surface area (Å²) < 4.78 is 5.48. The van der Waals surface area contributed by atoms with Crippen molar-refractivity contribution in [1.82, 2.24) is 20.1 Å². The largest absolute Gasteiger partial charge is 0.494 e. The van der Waals surface area contributed by atoms with Crippen LogP contribution in [0, 0.1) is 0 Å². The highest BCUT2D eigenvalue weighted by Gasteiger charge is 2.19. The third kappa shape index (κ3) is 5.20. The Morgan fingerprint density at radius 2 is 1.72 bits per heavy atom. The van der Waals surface area contributed by atoms with Crippen LogP contribution in [-0.4, -0.2) is 52.9 Å². The fraction of sp³-hybridized carbons (Fsp3) is 0.318. The van der Waals surface area contributed by atoms with Gasteiger partial charge in [0.1, 0.15) is 5.75 Å². The first-order valence-electron chi connectivity index (χ1n) is 10.0. The molecule has 0 bridgehead atoms. The Morgan fingerprint density at radius 3 is 2.45 bits per heavy atom. The van der Waals surface area contributed by atoms with Crippen LogP contribution < -0.4 is 15.0 Å². The first kappa shape index (κ1) is 19.1. The van der Waals surface area contributed by atoms with Gasteiger partial charge in [0.2, 0.25) is 5.95 Å². The third-order valence-corrected chi connectivity index (χ3v) is 4.89. The average molecular weight is 390 g/mol. The molecule has 0 aliphatic carbocycles. The SMILES string of the molecule is CCOc1ccc(Nc2cnnc(N3CCN(Cc4ccccc4)CC3)n2)cc1. The minimum Gasteiger partial charge on any atom is -0.494 e. The summed E-state index contributed by atoms with van der Waals surface area (Å²) in [4.78, 5) is 9.30. The normalized spacial score (nSPS) is 14.6. The van der Waals surface area contributed by atoms with Crippen molar-refractivity contribution in [1.29, 1.82) is 0 Å². The fourth-order valence-electron chi connectivity index (χ4n) is 3.38. The number of hydrogen-bond donors (Lipinski definition) is 1. The molecule has 3 aromatic rings. The lowest BCUT2D eigenvalue weighted by atomic mass is 10.2. The summed E-state index contributed by atoms with van der Waals surface area (Å²) in [6.07, 6.45) is 1.64. The van der Waals surface area contributed by atoms with Crippen LogP contribution in [0.4, 0.5) is 17.5 Å². The summed E-state index contributed by atoms with van der Waals surface area (Å²) in [5.74, 6) is 2.21. The van der Waals surface area contributed by atoms with Crippen molar-refractivity contribution in [3.63, 3.8) is 0 Å². The Labute approximate surface area is 171 Å². The van der Waals surface area contributed by atoms with E-state index in [1.165, 1.54) is 5.56 Å². The first-order chi connectivity index (χ1) is 14.3. The lowest BCUT2D eigenvalue weighted by Gasteiger charge is -2.34. The van der Waals surface area contributed by atoms with Gasteiger partial charge in [-0.05, 0) is 36.8 Å². The van der Waals surface area contributed by atoms with Gasteiger partial charge < -0.3 is 15.0 Å². The number of piperazine rings is 1. The number of aromatic nitrogens is 3. The number of nitrogens with one attached hydrogen (secondary N) is 1. The van der Waals surface area contributed by atoms with Gasteiger partial charge in [-0.15, -0.1) is 5.10 Å². The zero-order valence-corrected chi connectivity index (χ0v) is 16.7. The summed E-state index contributed by atoms with van der Waals surface area (Å²) >= 11 is 0. The third-order valence-electron chi connectivity index (χ3n) is 4.89. The maximum atomic E-state index is 5.48. The number of benzene rings is 2. The number of anilines is 3. The molecule has 0 amide bonds. The minimum atomic E-state index is 0.657. The molecule has 1 saturated heterocycles. The highest BCUT2D eigenvalue weighted by molar-refractivity contribution is 5.57. The summed E-state index contributed by atoms with van der Waals surface area (Å²) in [5.41, 5.74) is 2.29. The van der Waals surface area contributed by atoms with E-state index in [4.69, 9.17) is 4.74 Å². The highest BCUT2D eigenvalue weighted by Crippen LogP contribution is 2.20. The Bertz CT molecular complexity index is 895. The van der Waals surface area contributed by atoms with E-state index in [0.29, 0.717) is 18.4 Å². The zero-order valence-electron chi connectivity index (χ0n) is 16.7. The maximum absolute atomic E-state index is 5.48. The molecule has 1 aliphatic rings. The molecule has 2 heterocycles. The van der Waals surface area contributed by atoms with Crippen molar-refractivity contribution in [2.24, 2.45) is 0 Å². The Balaban J connectivity index is 1.34. The van der Waals surface area contributed by atoms with Gasteiger partial charge in [-0.2, -0.15) is 10.1 Å². The molecule has 0 radical (unpaired) electrons. The summed E-state index contributed by atoms with van der Waals surface area (Å²) in [5, 5.41) is 11.7. The molecular weight excluding hydrogens is 364 g/mol. The van der Waals surface area contributed by atoms with Gasteiger partial charge in [0, 0.05) is 38.4 Å². The Morgan fingerprint density at radius 1 is 0.966 bits per heavy atom. The van der Waals surface area contributed by atoms with Crippen LogP contribution in [-0.2, 0) is 6.54 Å². The summed E-state index contributed by atoms with van der Waals surface area (Å²) in [6, 6.07) is 18.4. The van der Waals surface area contributed by atoms with E-state index in [1.54, 1.807) is 6.20 Å². The molecule has 150 valence electrons. The van der Waals surface area contributed by atoms with E-state index in [9.17, 15) is 0 Å². The van der Waals surface area contributed by atoms with Gasteiger partial charge in [-0.3, -0.25) is 4.90 Å². The fourth-order valence-corrected chi connectivity index (χ4v) is 3.38. The van der Waals surface area contributed by atoms with E-state index in [0.717, 1.165) is 44.2 Å². The van der Waals surface area contributed by atoms with Gasteiger partial charge in [0.15, 0.2) is 5.82 Å². The van der Waals surface area contributed by atoms with Crippen LogP contribution >= 0.6 is 0 Å². The molecule has 1 aliphatic heterocycles. The lowest BCUT2D eigenvalue weighted by molar-refractivity contribution is 0.248. The van der Waals surface area contributed by atoms with Crippen LogP contribution in [0.15, 0.2) is 60.8 Å². The van der Waals surface area contributed by atoms with Crippen LogP contribution in [0.3, 0.4) is 0 Å². The molecular formula is C22H26N6O. The standard InChI is InChI=1S/C22H26N6O/c1-2-29-20-10-8-19(9-11-20)24-21-16-23-26-22(25-21)28-14-12-27(13-15-28)17-18-6-4-3-5-7-18/h3-11,16H,2,12-15,17H2,1H3,(H,24,25,26). The average Bonchev–Trinajstić information content (AvgIpc) is 2.77. The zero-order chi connectivity index (χ0) is 19.9. The molecule has 0 saturated carbocycles. The molecule has 1 N–H and O–H groups in total. The second-order valence-electron chi connectivity index (χ2n) is 6.97. The molecule has 7 heteroatoms. The predicted molar refractivity (Wildman–Crippen MR) is 115 cm³/mol. The monoisotopic (exact) mass is 390 g/mol. The Hall–Kier alpha value is -3.19. The first-order valence-corrected chi connectivity index (χ1v) is 10.0. The smallest absolute Gasteiger partial charge is 0.247 e. The number of hydrogen-bond acceptors (Lipinski definition) is 7. The van der Waals surface area contributed by atoms with Crippen LogP contribution in [0.25, 0.3) is 0 Å². The molecule has 2 aromatic carbocycles. The number of nitrogens with zero attached hydrogens (tertiary/aromatic N) is 5. The lowest BCUT2D eigenvalue weighted by Crippen LogP contribution is -2.46. The minimum absolute atomic E-state index is 0.657. The number of rotatable bonds is 7. The summed E-state index contributed by atoms with van der Waals surface area (Å²) in [7, 11) is 0. The molecule has 4 rings (SSSR count). The van der Waals surface area contributed by atoms with E-state index >= 15 is 0 Å². The van der Waals surface area contributed by atoms with E-state index in [1.807, 2.05) is 31.2 Å². The van der Waals surface area contributed by atoms with Crippen molar-refractivity contribution in [2.45, 2.75) is 13.5 Å². The molecule has 29 heavy (non-hydrogen) atoms. The van der Waals surface area contributed by atoms with Crippen molar-refractivity contribution >= 4 is 17.5 Å². The van der Waals surface area contributed by atoms with Gasteiger partial charge in [0.25, 0.3) is 0 Å². The van der Waals surface area contributed by atoms with E-state index in [-0.39, 0.29) is 0 Å². The quantitative estimate of drug-likeness (QED) is 0.664. The van der Waals surface area contributed by atoms with Crippen LogP contribution in [0.1, 0.15) is 12.5 Å². The predicted octanol–water partition coefficient (Wildman–Crippen LogP) is 3.34. The molecule has 0 spiro atoms. The van der Waals surface area contributed by atoms with E-state index in [2.05, 4.69) is 60.6 Å². The van der Waals surface area contributed by atoms with Crippen molar-refractivity contribution in [3.8, 4) is 5.75 Å². The van der Waals surface area contributed by atoms with Crippen molar-refractivity contribution in [2.75, 3.05) is 43.0 Å². The van der Waals surface area contributed by atoms with E-state index < -0.39 is 0 Å². The topological polar surface area (TPSA) is 66.4 Å². The van der Waals surface area contributed by atoms with Crippen LogP contribution in [0.5, 0.6) is 5.75 Å². The van der Waals surface area contributed by atoms with Crippen molar-refractivity contribution in [3.05, 3.63) is 66.4 Å². The van der Waals surface area contributed by atoms with Crippen LogP contribution in [0.2, 0.25) is 0 Å². The Kier molecular flexibility index (Phi) is 6.16. The van der Waals surface area contributed by atoms with Gasteiger partial charge in [-0.25, -0.2) is 0 Å². The maximum Gasteiger partial charge on any atom is 0.247 e. The highest BCUT2D eigenvalue weighted by atomic mass is 16.5. The molecule has 1 aromatic heterocycles. The van der Waals surface area contributed by atoms with Gasteiger partial charge in [-0.1, -0.05) is 30.3 Å². The number of ether oxygens (including phenoxy) is 1. The second-order valence-corrected chi connectivity index (χ2v) is 6.97. The van der Waals surface area contributed by atoms with Crippen molar-refractivity contribution < 1.29 is 4.74 Å². The molecule has 0 unspecified atom stereocenters.